The Morgan fingerprint density at radius 1 is 1.07 bits per heavy atom. The Morgan fingerprint density at radius 3 is 2.69 bits per heavy atom. The molecule has 0 bridgehead atoms. The van der Waals surface area contributed by atoms with Crippen LogP contribution in [0.1, 0.15) is 68.9 Å². The number of nitrogens with one attached hydrogen (secondary N) is 2. The number of anilines is 1. The zero-order valence-corrected chi connectivity index (χ0v) is 25.0. The highest BCUT2D eigenvalue weighted by molar-refractivity contribution is 7.99. The summed E-state index contributed by atoms with van der Waals surface area (Å²) in [5, 5.41) is 15.6. The molecular weight excluding hydrogens is 574 g/mol. The third-order valence-electron chi connectivity index (χ3n) is 6.90. The highest BCUT2D eigenvalue weighted by atomic mass is 32.2. The van der Waals surface area contributed by atoms with Crippen LogP contribution in [0.3, 0.4) is 0 Å². The fourth-order valence-corrected chi connectivity index (χ4v) is 6.94. The normalized spacial score (nSPS) is 12.8. The number of hydrogen-bond donors (Lipinski definition) is 2. The summed E-state index contributed by atoms with van der Waals surface area (Å²) in [4.78, 5) is 39.6. The van der Waals surface area contributed by atoms with E-state index in [0.717, 1.165) is 54.5 Å². The Balaban J connectivity index is 1.29. The van der Waals surface area contributed by atoms with Crippen LogP contribution < -0.4 is 10.6 Å². The molecule has 3 aromatic heterocycles. The number of hydrogen-bond acceptors (Lipinski definition) is 9. The van der Waals surface area contributed by atoms with Gasteiger partial charge in [0.25, 0.3) is 5.91 Å². The average molecular weight is 608 g/mol. The van der Waals surface area contributed by atoms with Crippen LogP contribution in [0.2, 0.25) is 0 Å². The zero-order chi connectivity index (χ0) is 29.3. The zero-order valence-electron chi connectivity index (χ0n) is 23.4. The monoisotopic (exact) mass is 607 g/mol. The van der Waals surface area contributed by atoms with Gasteiger partial charge in [-0.15, -0.1) is 21.5 Å². The van der Waals surface area contributed by atoms with E-state index >= 15 is 0 Å². The minimum Gasteiger partial charge on any atom is -0.462 e. The van der Waals surface area contributed by atoms with Crippen molar-refractivity contribution < 1.29 is 23.5 Å². The molecule has 3 heterocycles. The lowest BCUT2D eigenvalue weighted by Gasteiger charge is -2.11. The van der Waals surface area contributed by atoms with Crippen LogP contribution in [0, 0.1) is 0 Å². The van der Waals surface area contributed by atoms with Gasteiger partial charge >= 0.3 is 5.97 Å². The molecule has 1 aliphatic rings. The molecule has 0 saturated heterocycles. The first-order chi connectivity index (χ1) is 20.5. The number of aromatic nitrogens is 3. The summed E-state index contributed by atoms with van der Waals surface area (Å²) in [6.45, 7) is 2.77. The molecule has 220 valence electrons. The number of nitrogens with zero attached hydrogens (tertiary/aromatic N) is 3. The standard InChI is InChI=1S/C30H33N5O5S2/c1-2-39-29(38)26-21-12-7-4-8-14-23(21)42-28(26)32-25(36)19-41-30-34-33-24(18-31-27(37)22-13-9-17-40-22)35(30)16-15-20-10-5-3-6-11-20/h3,5-6,9-11,13,17H,2,4,7-8,12,14-16,18-19H2,1H3,(H,31,37)(H,32,36). The first-order valence-corrected chi connectivity index (χ1v) is 15.9. The number of carbonyl (C=O) groups is 3. The van der Waals surface area contributed by atoms with Crippen LogP contribution in [-0.4, -0.2) is 44.9 Å². The van der Waals surface area contributed by atoms with Gasteiger partial charge in [0, 0.05) is 11.4 Å². The van der Waals surface area contributed by atoms with E-state index in [1.54, 1.807) is 19.1 Å². The van der Waals surface area contributed by atoms with Gasteiger partial charge in [-0.25, -0.2) is 4.79 Å². The van der Waals surface area contributed by atoms with Crippen molar-refractivity contribution in [1.29, 1.82) is 0 Å². The third-order valence-corrected chi connectivity index (χ3v) is 9.07. The smallest absolute Gasteiger partial charge is 0.341 e. The summed E-state index contributed by atoms with van der Waals surface area (Å²) in [6, 6.07) is 13.3. The van der Waals surface area contributed by atoms with Crippen molar-refractivity contribution in [2.45, 2.75) is 63.7 Å². The van der Waals surface area contributed by atoms with E-state index in [1.807, 2.05) is 34.9 Å². The molecule has 42 heavy (non-hydrogen) atoms. The molecule has 2 amide bonds. The van der Waals surface area contributed by atoms with Crippen molar-refractivity contribution in [3.05, 3.63) is 81.9 Å². The van der Waals surface area contributed by atoms with E-state index in [4.69, 9.17) is 9.15 Å². The third kappa shape index (κ3) is 7.29. The molecule has 5 rings (SSSR count). The molecule has 0 saturated carbocycles. The molecule has 2 N–H and O–H groups in total. The predicted molar refractivity (Wildman–Crippen MR) is 161 cm³/mol. The van der Waals surface area contributed by atoms with E-state index in [-0.39, 0.29) is 42.4 Å². The maximum absolute atomic E-state index is 13.1. The van der Waals surface area contributed by atoms with Crippen molar-refractivity contribution >= 4 is 45.9 Å². The summed E-state index contributed by atoms with van der Waals surface area (Å²) >= 11 is 2.74. The largest absolute Gasteiger partial charge is 0.462 e. The molecular formula is C30H33N5O5S2. The van der Waals surface area contributed by atoms with Gasteiger partial charge in [0.1, 0.15) is 5.00 Å². The predicted octanol–water partition coefficient (Wildman–Crippen LogP) is 5.28. The molecule has 1 aliphatic carbocycles. The van der Waals surface area contributed by atoms with Crippen molar-refractivity contribution in [3.63, 3.8) is 0 Å². The number of amides is 2. The number of benzene rings is 1. The fourth-order valence-electron chi connectivity index (χ4n) is 4.86. The first-order valence-electron chi connectivity index (χ1n) is 14.1. The fraction of sp³-hybridized carbons (Fsp3) is 0.367. The number of esters is 1. The quantitative estimate of drug-likeness (QED) is 0.126. The highest BCUT2D eigenvalue weighted by Gasteiger charge is 2.27. The van der Waals surface area contributed by atoms with Gasteiger partial charge < -0.3 is 24.4 Å². The summed E-state index contributed by atoms with van der Waals surface area (Å²) in [5.74, 6) is -0.121. The number of carbonyl (C=O) groups excluding carboxylic acids is 3. The maximum Gasteiger partial charge on any atom is 0.341 e. The average Bonchev–Trinajstić information content (AvgIpc) is 3.71. The van der Waals surface area contributed by atoms with Gasteiger partial charge in [0.2, 0.25) is 5.91 Å². The van der Waals surface area contributed by atoms with Gasteiger partial charge in [-0.2, -0.15) is 0 Å². The number of thioether (sulfide) groups is 1. The van der Waals surface area contributed by atoms with Gasteiger partial charge in [-0.05, 0) is 62.3 Å². The summed E-state index contributed by atoms with van der Waals surface area (Å²) in [7, 11) is 0. The number of ether oxygens (including phenoxy) is 1. The second-order valence-corrected chi connectivity index (χ2v) is 11.8. The van der Waals surface area contributed by atoms with E-state index in [1.165, 1.54) is 29.4 Å². The summed E-state index contributed by atoms with van der Waals surface area (Å²) in [5.41, 5.74) is 2.66. The molecule has 10 nitrogen and oxygen atoms in total. The van der Waals surface area contributed by atoms with Crippen molar-refractivity contribution in [2.24, 2.45) is 0 Å². The van der Waals surface area contributed by atoms with Crippen LogP contribution in [0.5, 0.6) is 0 Å². The van der Waals surface area contributed by atoms with Crippen molar-refractivity contribution in [1.82, 2.24) is 20.1 Å². The minimum atomic E-state index is -0.387. The Bertz CT molecular complexity index is 1510. The van der Waals surface area contributed by atoms with Crippen LogP contribution >= 0.6 is 23.1 Å². The van der Waals surface area contributed by atoms with Crippen molar-refractivity contribution in [2.75, 3.05) is 17.7 Å². The Kier molecular flexibility index (Phi) is 10.1. The molecule has 4 aromatic rings. The molecule has 12 heteroatoms. The molecule has 0 unspecified atom stereocenters. The Labute approximate surface area is 252 Å². The number of thiophene rings is 1. The molecule has 0 spiro atoms. The summed E-state index contributed by atoms with van der Waals surface area (Å²) < 4.78 is 12.4. The van der Waals surface area contributed by atoms with Crippen LogP contribution in [0.4, 0.5) is 5.00 Å². The second-order valence-electron chi connectivity index (χ2n) is 9.77. The van der Waals surface area contributed by atoms with Crippen molar-refractivity contribution in [3.8, 4) is 0 Å². The molecule has 0 radical (unpaired) electrons. The van der Waals surface area contributed by atoms with E-state index in [2.05, 4.69) is 20.8 Å². The van der Waals surface area contributed by atoms with Crippen LogP contribution in [0.15, 0.2) is 58.3 Å². The molecule has 1 aromatic carbocycles. The maximum atomic E-state index is 13.1. The summed E-state index contributed by atoms with van der Waals surface area (Å²) in [6.07, 6.45) is 7.10. The lowest BCUT2D eigenvalue weighted by atomic mass is 10.1. The van der Waals surface area contributed by atoms with Crippen LogP contribution in [-0.2, 0) is 41.9 Å². The Morgan fingerprint density at radius 2 is 1.90 bits per heavy atom. The number of rotatable bonds is 12. The second kappa shape index (κ2) is 14.3. The lowest BCUT2D eigenvalue weighted by Crippen LogP contribution is -2.24. The topological polar surface area (TPSA) is 128 Å². The van der Waals surface area contributed by atoms with Crippen LogP contribution in [0.25, 0.3) is 0 Å². The SMILES string of the molecule is CCOC(=O)c1c(NC(=O)CSc2nnc(CNC(=O)c3ccco3)n2CCc2ccccc2)sc2c1CCCCC2. The first kappa shape index (κ1) is 29.6. The van der Waals surface area contributed by atoms with Gasteiger partial charge in [-0.1, -0.05) is 48.5 Å². The minimum absolute atomic E-state index is 0.0764. The highest BCUT2D eigenvalue weighted by Crippen LogP contribution is 2.38. The van der Waals surface area contributed by atoms with Gasteiger partial charge in [-0.3, -0.25) is 9.59 Å². The Hall–Kier alpha value is -3.90. The molecule has 0 atom stereocenters. The van der Waals surface area contributed by atoms with Gasteiger partial charge in [0.05, 0.1) is 30.7 Å². The van der Waals surface area contributed by atoms with E-state index in [9.17, 15) is 14.4 Å². The number of aryl methyl sites for hydroxylation is 2. The van der Waals surface area contributed by atoms with Gasteiger partial charge in [0.15, 0.2) is 16.7 Å². The number of fused-ring (bicyclic) bond motifs is 1. The van der Waals surface area contributed by atoms with E-state index in [0.29, 0.717) is 28.1 Å². The van der Waals surface area contributed by atoms with E-state index < -0.39 is 0 Å². The lowest BCUT2D eigenvalue weighted by molar-refractivity contribution is -0.113. The molecule has 0 fully saturated rings. The molecule has 0 aliphatic heterocycles. The number of furan rings is 1.